The first-order valence-electron chi connectivity index (χ1n) is 7.97. The largest absolute Gasteiger partial charge is 0.490 e. The summed E-state index contributed by atoms with van der Waals surface area (Å²) in [4.78, 5) is 0. The topological polar surface area (TPSA) is 35.2 Å². The Bertz CT molecular complexity index is 445. The lowest BCUT2D eigenvalue weighted by molar-refractivity contribution is 0.0601. The van der Waals surface area contributed by atoms with Crippen LogP contribution in [0.3, 0.4) is 0 Å². The molecule has 1 aromatic carbocycles. The van der Waals surface area contributed by atoms with E-state index in [9.17, 15) is 0 Å². The van der Waals surface area contributed by atoms with E-state index in [4.69, 9.17) is 10.5 Å². The Labute approximate surface area is 122 Å². The van der Waals surface area contributed by atoms with Crippen LogP contribution in [-0.2, 0) is 6.42 Å². The molecule has 0 amide bonds. The predicted molar refractivity (Wildman–Crippen MR) is 82.9 cm³/mol. The number of para-hydroxylation sites is 1. The van der Waals surface area contributed by atoms with Crippen LogP contribution in [0.2, 0.25) is 0 Å². The summed E-state index contributed by atoms with van der Waals surface area (Å²) in [5.74, 6) is 1.08. The maximum absolute atomic E-state index is 6.15. The summed E-state index contributed by atoms with van der Waals surface area (Å²) < 4.78 is 6.13. The van der Waals surface area contributed by atoms with Crippen LogP contribution in [0.4, 0.5) is 0 Å². The molecule has 110 valence electrons. The quantitative estimate of drug-likeness (QED) is 0.905. The first-order chi connectivity index (χ1) is 9.52. The average molecular weight is 273 g/mol. The van der Waals surface area contributed by atoms with Gasteiger partial charge in [-0.1, -0.05) is 32.0 Å². The van der Waals surface area contributed by atoms with Crippen molar-refractivity contribution in [2.24, 2.45) is 16.6 Å². The van der Waals surface area contributed by atoms with E-state index in [0.717, 1.165) is 25.1 Å². The number of hydrogen-bond donors (Lipinski definition) is 1. The molecular formula is C18H27NO. The summed E-state index contributed by atoms with van der Waals surface area (Å²) in [6, 6.07) is 8.44. The van der Waals surface area contributed by atoms with E-state index in [1.807, 2.05) is 0 Å². The number of rotatable bonds is 3. The summed E-state index contributed by atoms with van der Waals surface area (Å²) in [7, 11) is 0. The van der Waals surface area contributed by atoms with Crippen LogP contribution in [0.25, 0.3) is 0 Å². The summed E-state index contributed by atoms with van der Waals surface area (Å²) in [6.45, 7) is 5.57. The van der Waals surface area contributed by atoms with Gasteiger partial charge < -0.3 is 10.5 Å². The molecule has 2 nitrogen and oxygen atoms in total. The Morgan fingerprint density at radius 2 is 1.85 bits per heavy atom. The molecule has 1 aliphatic heterocycles. The van der Waals surface area contributed by atoms with Gasteiger partial charge in [0.2, 0.25) is 0 Å². The number of fused-ring (bicyclic) bond motifs is 1. The molecule has 0 aromatic heterocycles. The Morgan fingerprint density at radius 1 is 1.15 bits per heavy atom. The van der Waals surface area contributed by atoms with Gasteiger partial charge in [0.05, 0.1) is 0 Å². The van der Waals surface area contributed by atoms with Gasteiger partial charge in [0.15, 0.2) is 0 Å². The molecule has 20 heavy (non-hydrogen) atoms. The van der Waals surface area contributed by atoms with E-state index in [0.29, 0.717) is 16.9 Å². The van der Waals surface area contributed by atoms with Crippen LogP contribution < -0.4 is 10.5 Å². The number of hydrogen-bond acceptors (Lipinski definition) is 2. The maximum atomic E-state index is 6.15. The van der Waals surface area contributed by atoms with Crippen molar-refractivity contribution >= 4 is 0 Å². The van der Waals surface area contributed by atoms with E-state index in [-0.39, 0.29) is 0 Å². The Morgan fingerprint density at radius 3 is 2.50 bits per heavy atom. The first-order valence-corrected chi connectivity index (χ1v) is 7.97. The highest BCUT2D eigenvalue weighted by Crippen LogP contribution is 2.48. The molecule has 1 unspecified atom stereocenters. The van der Waals surface area contributed by atoms with Crippen molar-refractivity contribution in [1.82, 2.24) is 0 Å². The van der Waals surface area contributed by atoms with Crippen molar-refractivity contribution in [2.75, 3.05) is 6.54 Å². The number of nitrogens with two attached hydrogens (primary N) is 1. The molecule has 1 atom stereocenters. The highest BCUT2D eigenvalue weighted by Gasteiger charge is 2.40. The van der Waals surface area contributed by atoms with E-state index in [2.05, 4.69) is 38.1 Å². The van der Waals surface area contributed by atoms with Gasteiger partial charge in [0.1, 0.15) is 11.9 Å². The van der Waals surface area contributed by atoms with Crippen molar-refractivity contribution in [2.45, 2.75) is 58.5 Å². The molecule has 0 radical (unpaired) electrons. The number of ether oxygens (including phenoxy) is 1. The molecule has 2 N–H and O–H groups in total. The van der Waals surface area contributed by atoms with Crippen LogP contribution in [0.5, 0.6) is 5.75 Å². The number of benzene rings is 1. The highest BCUT2D eigenvalue weighted by molar-refractivity contribution is 5.37. The van der Waals surface area contributed by atoms with Crippen molar-refractivity contribution in [3.8, 4) is 5.75 Å². The average Bonchev–Trinajstić information content (AvgIpc) is 2.83. The second-order valence-corrected chi connectivity index (χ2v) is 7.62. The fourth-order valence-corrected chi connectivity index (χ4v) is 3.80. The smallest absolute Gasteiger partial charge is 0.123 e. The van der Waals surface area contributed by atoms with Gasteiger partial charge in [0.25, 0.3) is 0 Å². The molecule has 3 rings (SSSR count). The van der Waals surface area contributed by atoms with Crippen LogP contribution in [0.1, 0.15) is 51.5 Å². The Kier molecular flexibility index (Phi) is 3.53. The zero-order valence-corrected chi connectivity index (χ0v) is 12.8. The minimum atomic E-state index is 0.308. The van der Waals surface area contributed by atoms with Crippen molar-refractivity contribution in [1.29, 1.82) is 0 Å². The fourth-order valence-electron chi connectivity index (χ4n) is 3.80. The summed E-state index contributed by atoms with van der Waals surface area (Å²) in [6.07, 6.45) is 7.61. The molecule has 1 saturated carbocycles. The van der Waals surface area contributed by atoms with Gasteiger partial charge in [-0.15, -0.1) is 0 Å². The molecule has 2 aliphatic rings. The van der Waals surface area contributed by atoms with E-state index in [1.54, 1.807) is 0 Å². The van der Waals surface area contributed by atoms with Gasteiger partial charge in [0, 0.05) is 6.42 Å². The van der Waals surface area contributed by atoms with Crippen LogP contribution in [0.15, 0.2) is 24.3 Å². The maximum Gasteiger partial charge on any atom is 0.123 e. The SMILES string of the molecule is CC1(C)CCC(CN)(CC2Cc3ccccc3O2)CC1. The predicted octanol–water partition coefficient (Wildman–Crippen LogP) is 3.93. The van der Waals surface area contributed by atoms with Crippen LogP contribution in [-0.4, -0.2) is 12.6 Å². The minimum absolute atomic E-state index is 0.308. The van der Waals surface area contributed by atoms with Crippen LogP contribution >= 0.6 is 0 Å². The normalized spacial score (nSPS) is 26.9. The molecule has 1 aliphatic carbocycles. The Hall–Kier alpha value is -1.02. The minimum Gasteiger partial charge on any atom is -0.490 e. The molecule has 1 aromatic rings. The summed E-state index contributed by atoms with van der Waals surface area (Å²) in [5.41, 5.74) is 8.32. The molecule has 0 spiro atoms. The van der Waals surface area contributed by atoms with Crippen molar-refractivity contribution < 1.29 is 4.74 Å². The van der Waals surface area contributed by atoms with E-state index < -0.39 is 0 Å². The van der Waals surface area contributed by atoms with Gasteiger partial charge in [-0.2, -0.15) is 0 Å². The molecular weight excluding hydrogens is 246 g/mol. The molecule has 1 fully saturated rings. The van der Waals surface area contributed by atoms with Crippen molar-refractivity contribution in [3.63, 3.8) is 0 Å². The molecule has 0 saturated heterocycles. The molecule has 0 bridgehead atoms. The van der Waals surface area contributed by atoms with Crippen molar-refractivity contribution in [3.05, 3.63) is 29.8 Å². The van der Waals surface area contributed by atoms with Gasteiger partial charge >= 0.3 is 0 Å². The second kappa shape index (κ2) is 5.07. The van der Waals surface area contributed by atoms with Crippen LogP contribution in [0, 0.1) is 10.8 Å². The Balaban J connectivity index is 1.66. The van der Waals surface area contributed by atoms with Gasteiger partial charge in [-0.3, -0.25) is 0 Å². The fraction of sp³-hybridized carbons (Fsp3) is 0.667. The summed E-state index contributed by atoms with van der Waals surface area (Å²) >= 11 is 0. The molecule has 2 heteroatoms. The lowest BCUT2D eigenvalue weighted by Crippen LogP contribution is -2.40. The zero-order chi connectivity index (χ0) is 14.2. The lowest BCUT2D eigenvalue weighted by Gasteiger charge is -2.44. The monoisotopic (exact) mass is 273 g/mol. The lowest BCUT2D eigenvalue weighted by atomic mass is 9.63. The van der Waals surface area contributed by atoms with Gasteiger partial charge in [-0.05, 0) is 61.1 Å². The first kappa shape index (κ1) is 13.9. The van der Waals surface area contributed by atoms with Gasteiger partial charge in [-0.25, -0.2) is 0 Å². The summed E-state index contributed by atoms with van der Waals surface area (Å²) in [5, 5.41) is 0. The van der Waals surface area contributed by atoms with E-state index >= 15 is 0 Å². The third kappa shape index (κ3) is 2.71. The zero-order valence-electron chi connectivity index (χ0n) is 12.8. The highest BCUT2D eigenvalue weighted by atomic mass is 16.5. The third-order valence-electron chi connectivity index (χ3n) is 5.47. The third-order valence-corrected chi connectivity index (χ3v) is 5.47. The molecule has 1 heterocycles. The van der Waals surface area contributed by atoms with E-state index in [1.165, 1.54) is 31.2 Å². The second-order valence-electron chi connectivity index (χ2n) is 7.62. The standard InChI is InChI=1S/C18H27NO/c1-17(2)7-9-18(13-19,10-8-17)12-15-11-14-5-3-4-6-16(14)20-15/h3-6,15H,7-13,19H2,1-2H3.